The smallest absolute Gasteiger partial charge is 0.147 e. The maximum Gasteiger partial charge on any atom is 0.147 e. The minimum Gasteiger partial charge on any atom is -0.456 e. The number of hydrogen-bond acceptors (Lipinski definition) is 3. The van der Waals surface area contributed by atoms with Crippen molar-refractivity contribution >= 4 is 42.3 Å². The first-order chi connectivity index (χ1) is 12.3. The Labute approximate surface area is 164 Å². The number of nitrogens with zero attached hydrogens (tertiary/aromatic N) is 2. The summed E-state index contributed by atoms with van der Waals surface area (Å²) >= 11 is 12.4. The van der Waals surface area contributed by atoms with Crippen molar-refractivity contribution in [2.75, 3.05) is 6.61 Å². The van der Waals surface area contributed by atoms with Crippen LogP contribution in [0, 0.1) is 0 Å². The summed E-state index contributed by atoms with van der Waals surface area (Å²) in [6.45, 7) is 8.17. The Balaban J connectivity index is 1.79. The fourth-order valence-corrected chi connectivity index (χ4v) is 3.67. The highest BCUT2D eigenvalue weighted by Crippen LogP contribution is 2.35. The highest BCUT2D eigenvalue weighted by atomic mass is 35.5. The molecule has 3 aromatic rings. The third-order valence-electron chi connectivity index (χ3n) is 3.94. The van der Waals surface area contributed by atoms with Crippen molar-refractivity contribution in [3.05, 3.63) is 52.8 Å². The second-order valence-electron chi connectivity index (χ2n) is 7.36. The van der Waals surface area contributed by atoms with Crippen LogP contribution in [0.15, 0.2) is 42.7 Å². The summed E-state index contributed by atoms with van der Waals surface area (Å²) in [6, 6.07) is 10.1. The normalized spacial score (nSPS) is 11.9. The van der Waals surface area contributed by atoms with Gasteiger partial charge < -0.3 is 14.0 Å². The molecule has 0 saturated heterocycles. The summed E-state index contributed by atoms with van der Waals surface area (Å²) in [7, 11) is -1.11. The quantitative estimate of drug-likeness (QED) is 0.332. The Bertz CT molecular complexity index is 889. The molecule has 0 amide bonds. The fourth-order valence-electron chi connectivity index (χ4n) is 2.49. The number of ether oxygens (including phenoxy) is 2. The predicted molar refractivity (Wildman–Crippen MR) is 110 cm³/mol. The van der Waals surface area contributed by atoms with Crippen LogP contribution >= 0.6 is 23.2 Å². The highest BCUT2D eigenvalue weighted by molar-refractivity contribution is 6.76. The molecule has 1 aromatic carbocycles. The molecule has 3 rings (SSSR count). The van der Waals surface area contributed by atoms with Crippen molar-refractivity contribution in [2.45, 2.75) is 32.4 Å². The average Bonchev–Trinajstić information content (AvgIpc) is 2.90. The van der Waals surface area contributed by atoms with Gasteiger partial charge >= 0.3 is 0 Å². The van der Waals surface area contributed by atoms with E-state index in [-0.39, 0.29) is 0 Å². The molecule has 0 N–H and O–H groups in total. The van der Waals surface area contributed by atoms with Gasteiger partial charge in [-0.05, 0) is 36.4 Å². The van der Waals surface area contributed by atoms with E-state index < -0.39 is 8.07 Å². The average molecular weight is 409 g/mol. The van der Waals surface area contributed by atoms with E-state index in [1.807, 2.05) is 22.9 Å². The minimum absolute atomic E-state index is 0.422. The molecule has 2 aromatic heterocycles. The van der Waals surface area contributed by atoms with Gasteiger partial charge in [0.1, 0.15) is 23.9 Å². The number of pyridine rings is 1. The van der Waals surface area contributed by atoms with Gasteiger partial charge in [-0.25, -0.2) is 4.98 Å². The van der Waals surface area contributed by atoms with E-state index in [0.717, 1.165) is 23.7 Å². The molecular formula is C19H22Cl2N2O2Si. The maximum absolute atomic E-state index is 6.45. The number of hydrogen-bond donors (Lipinski definition) is 0. The molecular weight excluding hydrogens is 387 g/mol. The van der Waals surface area contributed by atoms with Crippen LogP contribution in [0.25, 0.3) is 11.0 Å². The molecule has 0 atom stereocenters. The van der Waals surface area contributed by atoms with Crippen LogP contribution in [-0.2, 0) is 11.5 Å². The zero-order valence-corrected chi connectivity index (χ0v) is 17.6. The summed E-state index contributed by atoms with van der Waals surface area (Å²) in [6.07, 6.45) is 3.55. The van der Waals surface area contributed by atoms with Crippen molar-refractivity contribution in [2.24, 2.45) is 0 Å². The Morgan fingerprint density at radius 3 is 2.50 bits per heavy atom. The molecule has 26 heavy (non-hydrogen) atoms. The SMILES string of the molecule is C[Si](C)(C)CCOCn1cc(Cl)c2c(Oc3ccc(Cl)cc3)ccnc21. The molecule has 0 aliphatic carbocycles. The lowest BCUT2D eigenvalue weighted by atomic mass is 10.3. The molecule has 0 bridgehead atoms. The van der Waals surface area contributed by atoms with Crippen LogP contribution in [0.2, 0.25) is 35.7 Å². The first-order valence-corrected chi connectivity index (χ1v) is 12.9. The Morgan fingerprint density at radius 1 is 1.08 bits per heavy atom. The minimum atomic E-state index is -1.11. The van der Waals surface area contributed by atoms with Gasteiger partial charge in [-0.1, -0.05) is 42.8 Å². The Kier molecular flexibility index (Phi) is 5.92. The van der Waals surface area contributed by atoms with Crippen molar-refractivity contribution < 1.29 is 9.47 Å². The van der Waals surface area contributed by atoms with Gasteiger partial charge in [0, 0.05) is 32.1 Å². The van der Waals surface area contributed by atoms with Crippen LogP contribution < -0.4 is 4.74 Å². The highest BCUT2D eigenvalue weighted by Gasteiger charge is 2.15. The zero-order valence-electron chi connectivity index (χ0n) is 15.1. The third-order valence-corrected chi connectivity index (χ3v) is 6.18. The number of aromatic nitrogens is 2. The summed E-state index contributed by atoms with van der Waals surface area (Å²) in [5.74, 6) is 1.35. The summed E-state index contributed by atoms with van der Waals surface area (Å²) in [5, 5.41) is 2.03. The van der Waals surface area contributed by atoms with Crippen molar-refractivity contribution in [1.82, 2.24) is 9.55 Å². The van der Waals surface area contributed by atoms with E-state index in [1.165, 1.54) is 0 Å². The summed E-state index contributed by atoms with van der Waals surface area (Å²) in [4.78, 5) is 4.45. The maximum atomic E-state index is 6.45. The summed E-state index contributed by atoms with van der Waals surface area (Å²) < 4.78 is 13.7. The fraction of sp³-hybridized carbons (Fsp3) is 0.316. The van der Waals surface area contributed by atoms with Gasteiger partial charge in [-0.2, -0.15) is 0 Å². The molecule has 0 radical (unpaired) electrons. The van der Waals surface area contributed by atoms with Crippen molar-refractivity contribution in [1.29, 1.82) is 0 Å². The van der Waals surface area contributed by atoms with Crippen molar-refractivity contribution in [3.63, 3.8) is 0 Å². The van der Waals surface area contributed by atoms with Gasteiger partial charge in [0.25, 0.3) is 0 Å². The van der Waals surface area contributed by atoms with Crippen LogP contribution in [-0.4, -0.2) is 24.2 Å². The van der Waals surface area contributed by atoms with E-state index in [0.29, 0.717) is 28.3 Å². The van der Waals surface area contributed by atoms with Crippen LogP contribution in [0.4, 0.5) is 0 Å². The molecule has 0 aliphatic rings. The van der Waals surface area contributed by atoms with E-state index in [1.54, 1.807) is 24.4 Å². The zero-order chi connectivity index (χ0) is 18.7. The molecule has 0 aliphatic heterocycles. The molecule has 0 saturated carbocycles. The second kappa shape index (κ2) is 8.01. The van der Waals surface area contributed by atoms with Gasteiger partial charge in [0.2, 0.25) is 0 Å². The number of benzene rings is 1. The lowest BCUT2D eigenvalue weighted by Gasteiger charge is -2.15. The van der Waals surface area contributed by atoms with Crippen LogP contribution in [0.1, 0.15) is 0 Å². The lowest BCUT2D eigenvalue weighted by Crippen LogP contribution is -2.22. The number of rotatable bonds is 7. The van der Waals surface area contributed by atoms with Gasteiger partial charge in [-0.15, -0.1) is 0 Å². The predicted octanol–water partition coefficient (Wildman–Crippen LogP) is 6.45. The van der Waals surface area contributed by atoms with Gasteiger partial charge in [-0.3, -0.25) is 0 Å². The molecule has 0 unspecified atom stereocenters. The van der Waals surface area contributed by atoms with Crippen LogP contribution in [0.3, 0.4) is 0 Å². The van der Waals surface area contributed by atoms with E-state index in [9.17, 15) is 0 Å². The molecule has 0 spiro atoms. The Morgan fingerprint density at radius 2 is 1.81 bits per heavy atom. The van der Waals surface area contributed by atoms with E-state index in [4.69, 9.17) is 32.7 Å². The standard InChI is InChI=1S/C19H22Cl2N2O2Si/c1-26(2,3)11-10-24-13-23-12-16(21)18-17(8-9-22-19(18)23)25-15-6-4-14(20)5-7-15/h4-9,12H,10-11,13H2,1-3H3. The van der Waals surface area contributed by atoms with E-state index in [2.05, 4.69) is 24.6 Å². The first-order valence-electron chi connectivity index (χ1n) is 8.48. The van der Waals surface area contributed by atoms with Crippen LogP contribution in [0.5, 0.6) is 11.5 Å². The molecule has 2 heterocycles. The molecule has 4 nitrogen and oxygen atoms in total. The topological polar surface area (TPSA) is 36.3 Å². The summed E-state index contributed by atoms with van der Waals surface area (Å²) in [5.41, 5.74) is 0.745. The number of fused-ring (bicyclic) bond motifs is 1. The second-order valence-corrected chi connectivity index (χ2v) is 13.8. The Hall–Kier alpha value is -1.53. The molecule has 7 heteroatoms. The monoisotopic (exact) mass is 408 g/mol. The third kappa shape index (κ3) is 4.80. The van der Waals surface area contributed by atoms with Gasteiger partial charge in [0.05, 0.1) is 10.4 Å². The first kappa shape index (κ1) is 19.2. The van der Waals surface area contributed by atoms with E-state index >= 15 is 0 Å². The molecule has 138 valence electrons. The lowest BCUT2D eigenvalue weighted by molar-refractivity contribution is 0.0899. The molecule has 0 fully saturated rings. The van der Waals surface area contributed by atoms with Gasteiger partial charge in [0.15, 0.2) is 0 Å². The largest absolute Gasteiger partial charge is 0.456 e. The number of halogens is 2. The van der Waals surface area contributed by atoms with Crippen molar-refractivity contribution in [3.8, 4) is 11.5 Å².